The molecule has 18 heavy (non-hydrogen) atoms. The molecular formula is C13H13N3O2. The number of anilines is 1. The summed E-state index contributed by atoms with van der Waals surface area (Å²) in [6.07, 6.45) is 3.04. The summed E-state index contributed by atoms with van der Waals surface area (Å²) < 4.78 is 4.88. The summed E-state index contributed by atoms with van der Waals surface area (Å²) in [5.41, 5.74) is 7.98. The SMILES string of the molecule is CCOC(=O)c1ccc(-c2ccc(N)cn2)nc1. The van der Waals surface area contributed by atoms with Gasteiger partial charge < -0.3 is 10.5 Å². The van der Waals surface area contributed by atoms with Gasteiger partial charge in [0, 0.05) is 6.20 Å². The molecular weight excluding hydrogens is 230 g/mol. The molecule has 0 saturated heterocycles. The van der Waals surface area contributed by atoms with Gasteiger partial charge in [-0.25, -0.2) is 4.79 Å². The minimum Gasteiger partial charge on any atom is -0.462 e. The van der Waals surface area contributed by atoms with Gasteiger partial charge in [-0.3, -0.25) is 9.97 Å². The first-order valence-corrected chi connectivity index (χ1v) is 5.56. The van der Waals surface area contributed by atoms with Gasteiger partial charge in [-0.05, 0) is 31.2 Å². The summed E-state index contributed by atoms with van der Waals surface area (Å²) >= 11 is 0. The van der Waals surface area contributed by atoms with Crippen molar-refractivity contribution in [1.29, 1.82) is 0 Å². The van der Waals surface area contributed by atoms with E-state index in [1.165, 1.54) is 6.20 Å². The zero-order valence-electron chi connectivity index (χ0n) is 9.96. The fourth-order valence-corrected chi connectivity index (χ4v) is 1.44. The van der Waals surface area contributed by atoms with Gasteiger partial charge >= 0.3 is 5.97 Å². The molecule has 2 N–H and O–H groups in total. The lowest BCUT2D eigenvalue weighted by atomic mass is 10.2. The Kier molecular flexibility index (Phi) is 3.52. The second-order valence-corrected chi connectivity index (χ2v) is 3.63. The Morgan fingerprint density at radius 2 is 1.83 bits per heavy atom. The Morgan fingerprint density at radius 3 is 2.33 bits per heavy atom. The molecule has 0 spiro atoms. The lowest BCUT2D eigenvalue weighted by Crippen LogP contribution is -2.05. The lowest BCUT2D eigenvalue weighted by molar-refractivity contribution is 0.0526. The van der Waals surface area contributed by atoms with Crippen LogP contribution in [0, 0.1) is 0 Å². The highest BCUT2D eigenvalue weighted by Gasteiger charge is 2.07. The highest BCUT2D eigenvalue weighted by atomic mass is 16.5. The molecule has 92 valence electrons. The van der Waals surface area contributed by atoms with Crippen LogP contribution in [0.2, 0.25) is 0 Å². The summed E-state index contributed by atoms with van der Waals surface area (Å²) in [6.45, 7) is 2.11. The molecule has 5 nitrogen and oxygen atoms in total. The predicted molar refractivity (Wildman–Crippen MR) is 67.8 cm³/mol. The molecule has 2 aromatic rings. The highest BCUT2D eigenvalue weighted by Crippen LogP contribution is 2.15. The molecule has 0 bridgehead atoms. The average Bonchev–Trinajstić information content (AvgIpc) is 2.40. The van der Waals surface area contributed by atoms with Crippen LogP contribution in [-0.4, -0.2) is 22.5 Å². The van der Waals surface area contributed by atoms with Crippen molar-refractivity contribution < 1.29 is 9.53 Å². The van der Waals surface area contributed by atoms with Gasteiger partial charge in [0.15, 0.2) is 0 Å². The first-order chi connectivity index (χ1) is 8.70. The maximum atomic E-state index is 11.4. The van der Waals surface area contributed by atoms with Crippen LogP contribution in [0.25, 0.3) is 11.4 Å². The van der Waals surface area contributed by atoms with E-state index in [0.717, 1.165) is 0 Å². The number of hydrogen-bond acceptors (Lipinski definition) is 5. The maximum Gasteiger partial charge on any atom is 0.339 e. The highest BCUT2D eigenvalue weighted by molar-refractivity contribution is 5.89. The summed E-state index contributed by atoms with van der Waals surface area (Å²) in [5, 5.41) is 0. The Morgan fingerprint density at radius 1 is 1.17 bits per heavy atom. The molecule has 2 aromatic heterocycles. The largest absolute Gasteiger partial charge is 0.462 e. The normalized spacial score (nSPS) is 10.1. The van der Waals surface area contributed by atoms with Crippen molar-refractivity contribution in [3.8, 4) is 11.4 Å². The number of nitrogens with zero attached hydrogens (tertiary/aromatic N) is 2. The van der Waals surface area contributed by atoms with Gasteiger partial charge in [0.1, 0.15) is 0 Å². The van der Waals surface area contributed by atoms with Crippen molar-refractivity contribution in [3.05, 3.63) is 42.2 Å². The van der Waals surface area contributed by atoms with Crippen molar-refractivity contribution >= 4 is 11.7 Å². The van der Waals surface area contributed by atoms with E-state index in [9.17, 15) is 4.79 Å². The van der Waals surface area contributed by atoms with Crippen LogP contribution >= 0.6 is 0 Å². The second kappa shape index (κ2) is 5.27. The van der Waals surface area contributed by atoms with Gasteiger partial charge in [-0.15, -0.1) is 0 Å². The van der Waals surface area contributed by atoms with Crippen molar-refractivity contribution in [2.45, 2.75) is 6.92 Å². The number of esters is 1. The first-order valence-electron chi connectivity index (χ1n) is 5.56. The maximum absolute atomic E-state index is 11.4. The molecule has 5 heteroatoms. The fraction of sp³-hybridized carbons (Fsp3) is 0.154. The smallest absolute Gasteiger partial charge is 0.339 e. The summed E-state index contributed by atoms with van der Waals surface area (Å²) in [5.74, 6) is -0.373. The molecule has 0 aromatic carbocycles. The standard InChI is InChI=1S/C13H13N3O2/c1-2-18-13(17)9-3-5-11(15-7-9)12-6-4-10(14)8-16-12/h3-8H,2,14H2,1H3. The van der Waals surface area contributed by atoms with Crippen LogP contribution in [0.15, 0.2) is 36.7 Å². The number of nitrogens with two attached hydrogens (primary N) is 1. The van der Waals surface area contributed by atoms with Crippen LogP contribution in [-0.2, 0) is 4.74 Å². The molecule has 0 aliphatic heterocycles. The van der Waals surface area contributed by atoms with E-state index in [4.69, 9.17) is 10.5 Å². The van der Waals surface area contributed by atoms with Gasteiger partial charge in [-0.1, -0.05) is 0 Å². The molecule has 0 unspecified atom stereocenters. The third-order valence-electron chi connectivity index (χ3n) is 2.32. The van der Waals surface area contributed by atoms with E-state index < -0.39 is 0 Å². The molecule has 0 amide bonds. The number of aromatic nitrogens is 2. The molecule has 2 heterocycles. The molecule has 0 saturated carbocycles. The Bertz CT molecular complexity index is 535. The second-order valence-electron chi connectivity index (χ2n) is 3.63. The zero-order valence-corrected chi connectivity index (χ0v) is 9.96. The van der Waals surface area contributed by atoms with Gasteiger partial charge in [0.2, 0.25) is 0 Å². The van der Waals surface area contributed by atoms with E-state index in [1.54, 1.807) is 37.4 Å². The number of carbonyl (C=O) groups excluding carboxylic acids is 1. The third kappa shape index (κ3) is 2.63. The minimum absolute atomic E-state index is 0.347. The minimum atomic E-state index is -0.373. The topological polar surface area (TPSA) is 78.1 Å². The third-order valence-corrected chi connectivity index (χ3v) is 2.32. The Balaban J connectivity index is 2.22. The monoisotopic (exact) mass is 243 g/mol. The van der Waals surface area contributed by atoms with Crippen molar-refractivity contribution in [2.75, 3.05) is 12.3 Å². The molecule has 0 aliphatic carbocycles. The van der Waals surface area contributed by atoms with E-state index in [2.05, 4.69) is 9.97 Å². The number of carbonyl (C=O) groups is 1. The lowest BCUT2D eigenvalue weighted by Gasteiger charge is -2.03. The fourth-order valence-electron chi connectivity index (χ4n) is 1.44. The van der Waals surface area contributed by atoms with Crippen molar-refractivity contribution in [3.63, 3.8) is 0 Å². The van der Waals surface area contributed by atoms with Crippen LogP contribution in [0.1, 0.15) is 17.3 Å². The van der Waals surface area contributed by atoms with Crippen LogP contribution < -0.4 is 5.73 Å². The van der Waals surface area contributed by atoms with Crippen molar-refractivity contribution in [1.82, 2.24) is 9.97 Å². The summed E-state index contributed by atoms with van der Waals surface area (Å²) in [7, 11) is 0. The molecule has 0 radical (unpaired) electrons. The molecule has 0 fully saturated rings. The van der Waals surface area contributed by atoms with Gasteiger partial charge in [-0.2, -0.15) is 0 Å². The number of rotatable bonds is 3. The number of nitrogen functional groups attached to an aromatic ring is 1. The van der Waals surface area contributed by atoms with E-state index in [-0.39, 0.29) is 5.97 Å². The van der Waals surface area contributed by atoms with Gasteiger partial charge in [0.25, 0.3) is 0 Å². The van der Waals surface area contributed by atoms with E-state index in [0.29, 0.717) is 29.2 Å². The Hall–Kier alpha value is -2.43. The van der Waals surface area contributed by atoms with Crippen molar-refractivity contribution in [2.24, 2.45) is 0 Å². The van der Waals surface area contributed by atoms with Crippen LogP contribution in [0.4, 0.5) is 5.69 Å². The quantitative estimate of drug-likeness (QED) is 0.833. The number of pyridine rings is 2. The van der Waals surface area contributed by atoms with E-state index >= 15 is 0 Å². The number of hydrogen-bond donors (Lipinski definition) is 1. The summed E-state index contributed by atoms with van der Waals surface area (Å²) in [4.78, 5) is 19.8. The zero-order chi connectivity index (χ0) is 13.0. The molecule has 2 rings (SSSR count). The first kappa shape index (κ1) is 12.0. The Labute approximate surface area is 105 Å². The number of ether oxygens (including phenoxy) is 1. The van der Waals surface area contributed by atoms with Crippen LogP contribution in [0.3, 0.4) is 0 Å². The average molecular weight is 243 g/mol. The van der Waals surface area contributed by atoms with Crippen LogP contribution in [0.5, 0.6) is 0 Å². The predicted octanol–water partition coefficient (Wildman–Crippen LogP) is 1.90. The summed E-state index contributed by atoms with van der Waals surface area (Å²) in [6, 6.07) is 6.92. The molecule has 0 aliphatic rings. The molecule has 0 atom stereocenters. The van der Waals surface area contributed by atoms with E-state index in [1.807, 2.05) is 0 Å². The van der Waals surface area contributed by atoms with Gasteiger partial charge in [0.05, 0.1) is 35.4 Å².